The Balaban J connectivity index is 1.63. The molecule has 3 aromatic rings. The highest BCUT2D eigenvalue weighted by Gasteiger charge is 2.43. The number of carbonyl (C=O) groups excluding carboxylic acids is 1. The molecule has 0 bridgehead atoms. The lowest BCUT2D eigenvalue weighted by atomic mass is 9.98. The van der Waals surface area contributed by atoms with E-state index in [4.69, 9.17) is 0 Å². The number of amides is 1. The number of nitrogens with zero attached hydrogens (tertiary/aromatic N) is 3. The molecule has 0 saturated heterocycles. The van der Waals surface area contributed by atoms with E-state index < -0.39 is 18.2 Å². The molecule has 0 aromatic carbocycles. The number of pyridine rings is 3. The van der Waals surface area contributed by atoms with Crippen molar-refractivity contribution in [2.45, 2.75) is 52.3 Å². The van der Waals surface area contributed by atoms with Crippen LogP contribution < -0.4 is 5.32 Å². The smallest absolute Gasteiger partial charge is 0.231 e. The first kappa shape index (κ1) is 20.3. The zero-order valence-electron chi connectivity index (χ0n) is 17.3. The molecule has 0 radical (unpaired) electrons. The van der Waals surface area contributed by atoms with E-state index in [2.05, 4.69) is 20.3 Å². The third-order valence-electron chi connectivity index (χ3n) is 5.52. The van der Waals surface area contributed by atoms with Crippen molar-refractivity contribution in [3.05, 3.63) is 47.5 Å². The highest BCUT2D eigenvalue weighted by molar-refractivity contribution is 5.95. The minimum Gasteiger partial charge on any atom is -0.387 e. The van der Waals surface area contributed by atoms with Crippen molar-refractivity contribution in [1.82, 2.24) is 15.0 Å². The average molecular weight is 408 g/mol. The molecule has 1 fully saturated rings. The highest BCUT2D eigenvalue weighted by atomic mass is 19.1. The van der Waals surface area contributed by atoms with Crippen molar-refractivity contribution < 1.29 is 14.3 Å². The largest absolute Gasteiger partial charge is 0.387 e. The molecule has 3 aromatic heterocycles. The van der Waals surface area contributed by atoms with Crippen LogP contribution in [-0.4, -0.2) is 32.1 Å². The van der Waals surface area contributed by atoms with Gasteiger partial charge < -0.3 is 10.4 Å². The number of carbonyl (C=O) groups is 1. The molecule has 1 aliphatic carbocycles. The molecule has 0 aliphatic heterocycles. The number of nitrogens with one attached hydrogen (secondary N) is 1. The molecule has 1 amide bonds. The fourth-order valence-corrected chi connectivity index (χ4v) is 3.62. The molecule has 156 valence electrons. The number of alkyl halides is 1. The Labute approximate surface area is 174 Å². The number of anilines is 1. The van der Waals surface area contributed by atoms with E-state index in [1.165, 1.54) is 0 Å². The number of aromatic nitrogens is 3. The number of fused-ring (bicyclic) bond motifs is 1. The lowest BCUT2D eigenvalue weighted by Gasteiger charge is -2.14. The number of rotatable bonds is 6. The number of hydrogen-bond acceptors (Lipinski definition) is 5. The van der Waals surface area contributed by atoms with Crippen LogP contribution in [0.1, 0.15) is 49.2 Å². The lowest BCUT2D eigenvalue weighted by molar-refractivity contribution is -0.117. The first-order valence-corrected chi connectivity index (χ1v) is 10.2. The Morgan fingerprint density at radius 3 is 2.67 bits per heavy atom. The van der Waals surface area contributed by atoms with Crippen molar-refractivity contribution in [2.75, 3.05) is 5.32 Å². The predicted molar refractivity (Wildman–Crippen MR) is 114 cm³/mol. The molecule has 1 saturated carbocycles. The van der Waals surface area contributed by atoms with Gasteiger partial charge in [0.15, 0.2) is 0 Å². The van der Waals surface area contributed by atoms with Crippen molar-refractivity contribution in [3.8, 4) is 11.1 Å². The second-order valence-corrected chi connectivity index (χ2v) is 7.96. The number of hydrogen-bond donors (Lipinski definition) is 2. The predicted octanol–water partition coefficient (Wildman–Crippen LogP) is 4.44. The summed E-state index contributed by atoms with van der Waals surface area (Å²) in [6, 6.07) is 5.63. The summed E-state index contributed by atoms with van der Waals surface area (Å²) in [5, 5.41) is 13.7. The first-order chi connectivity index (χ1) is 14.4. The van der Waals surface area contributed by atoms with E-state index in [1.54, 1.807) is 18.5 Å². The fourth-order valence-electron chi connectivity index (χ4n) is 3.62. The van der Waals surface area contributed by atoms with Gasteiger partial charge in [-0.25, -0.2) is 9.37 Å². The summed E-state index contributed by atoms with van der Waals surface area (Å²) >= 11 is 0. The van der Waals surface area contributed by atoms with Gasteiger partial charge in [0, 0.05) is 40.7 Å². The second kappa shape index (κ2) is 8.07. The van der Waals surface area contributed by atoms with Crippen LogP contribution in [0.25, 0.3) is 22.0 Å². The van der Waals surface area contributed by atoms with Gasteiger partial charge in [-0.15, -0.1) is 0 Å². The Bertz CT molecular complexity index is 1120. The minimum atomic E-state index is -1.04. The molecule has 7 heteroatoms. The second-order valence-electron chi connectivity index (χ2n) is 7.96. The van der Waals surface area contributed by atoms with Crippen molar-refractivity contribution in [2.24, 2.45) is 5.92 Å². The maximum atomic E-state index is 13.1. The minimum absolute atomic E-state index is 0.280. The van der Waals surface area contributed by atoms with Gasteiger partial charge in [-0.1, -0.05) is 13.3 Å². The number of halogens is 1. The third kappa shape index (κ3) is 4.03. The van der Waals surface area contributed by atoms with E-state index in [0.29, 0.717) is 23.4 Å². The van der Waals surface area contributed by atoms with Gasteiger partial charge in [0.1, 0.15) is 12.0 Å². The zero-order chi connectivity index (χ0) is 21.4. The molecule has 3 heterocycles. The molecule has 6 nitrogen and oxygen atoms in total. The molecule has 3 unspecified atom stereocenters. The van der Waals surface area contributed by atoms with Crippen molar-refractivity contribution in [1.29, 1.82) is 0 Å². The SMILES string of the molecule is CCCC(O)c1cc(C)c(-c2cc3cnc(NC(=O)C4CC4F)cc3nc2C)cn1. The summed E-state index contributed by atoms with van der Waals surface area (Å²) in [5.74, 6) is -0.526. The van der Waals surface area contributed by atoms with Crippen LogP contribution in [0.2, 0.25) is 0 Å². The zero-order valence-corrected chi connectivity index (χ0v) is 17.3. The number of aryl methyl sites for hydroxylation is 2. The number of aliphatic hydroxyl groups is 1. The van der Waals surface area contributed by atoms with E-state index in [9.17, 15) is 14.3 Å². The van der Waals surface area contributed by atoms with E-state index in [0.717, 1.165) is 34.2 Å². The van der Waals surface area contributed by atoms with Gasteiger partial charge in [0.25, 0.3) is 0 Å². The van der Waals surface area contributed by atoms with Gasteiger partial charge in [-0.05, 0) is 44.4 Å². The van der Waals surface area contributed by atoms with Crippen molar-refractivity contribution >= 4 is 22.6 Å². The van der Waals surface area contributed by atoms with E-state index in [1.807, 2.05) is 32.9 Å². The van der Waals surface area contributed by atoms with E-state index >= 15 is 0 Å². The Hall–Kier alpha value is -2.93. The van der Waals surface area contributed by atoms with Crippen LogP contribution in [-0.2, 0) is 4.79 Å². The normalized spacial score (nSPS) is 19.0. The maximum absolute atomic E-state index is 13.1. The fraction of sp³-hybridized carbons (Fsp3) is 0.391. The molecular weight excluding hydrogens is 383 g/mol. The summed E-state index contributed by atoms with van der Waals surface area (Å²) in [6.45, 7) is 5.95. The van der Waals surface area contributed by atoms with Gasteiger partial charge in [-0.3, -0.25) is 14.8 Å². The first-order valence-electron chi connectivity index (χ1n) is 10.2. The lowest BCUT2D eigenvalue weighted by Crippen LogP contribution is -2.15. The van der Waals surface area contributed by atoms with Crippen LogP contribution in [0.4, 0.5) is 10.2 Å². The summed E-state index contributed by atoms with van der Waals surface area (Å²) in [6.07, 6.45) is 3.69. The average Bonchev–Trinajstić information content (AvgIpc) is 3.44. The quantitative estimate of drug-likeness (QED) is 0.630. The van der Waals surface area contributed by atoms with Gasteiger partial charge in [0.05, 0.1) is 23.2 Å². The molecule has 0 spiro atoms. The molecule has 1 aliphatic rings. The molecule has 30 heavy (non-hydrogen) atoms. The highest BCUT2D eigenvalue weighted by Crippen LogP contribution is 2.35. The van der Waals surface area contributed by atoms with Crippen LogP contribution in [0.5, 0.6) is 0 Å². The van der Waals surface area contributed by atoms with E-state index in [-0.39, 0.29) is 12.3 Å². The van der Waals surface area contributed by atoms with Crippen LogP contribution in [0, 0.1) is 19.8 Å². The Morgan fingerprint density at radius 1 is 1.23 bits per heavy atom. The molecular formula is C23H25FN4O2. The Kier molecular flexibility index (Phi) is 5.47. The molecule has 2 N–H and O–H groups in total. The summed E-state index contributed by atoms with van der Waals surface area (Å²) in [4.78, 5) is 25.4. The van der Waals surface area contributed by atoms with Crippen LogP contribution in [0.3, 0.4) is 0 Å². The monoisotopic (exact) mass is 408 g/mol. The van der Waals surface area contributed by atoms with Gasteiger partial charge in [-0.2, -0.15) is 0 Å². The summed E-state index contributed by atoms with van der Waals surface area (Å²) < 4.78 is 13.1. The van der Waals surface area contributed by atoms with Gasteiger partial charge in [0.2, 0.25) is 5.91 Å². The topological polar surface area (TPSA) is 88.0 Å². The molecule has 4 rings (SSSR count). The van der Waals surface area contributed by atoms with Crippen LogP contribution >= 0.6 is 0 Å². The summed E-state index contributed by atoms with van der Waals surface area (Å²) in [7, 11) is 0. The Morgan fingerprint density at radius 2 is 2.00 bits per heavy atom. The standard InChI is InChI=1S/C23H25FN4O2/c1-4-5-21(29)20-6-12(2)17(11-25-20)15-7-14-10-26-22(9-19(14)27-13(15)3)28-23(30)16-8-18(16)24/h6-7,9-11,16,18,21,29H,4-5,8H2,1-3H3,(H,26,28,30). The van der Waals surface area contributed by atoms with Crippen molar-refractivity contribution in [3.63, 3.8) is 0 Å². The number of aliphatic hydroxyl groups excluding tert-OH is 1. The molecule has 3 atom stereocenters. The maximum Gasteiger partial charge on any atom is 0.231 e. The van der Waals surface area contributed by atoms with Gasteiger partial charge >= 0.3 is 0 Å². The van der Waals surface area contributed by atoms with Crippen LogP contribution in [0.15, 0.2) is 30.6 Å². The third-order valence-corrected chi connectivity index (χ3v) is 5.52. The summed E-state index contributed by atoms with van der Waals surface area (Å²) in [5.41, 5.74) is 5.12.